The van der Waals surface area contributed by atoms with Crippen molar-refractivity contribution in [1.29, 1.82) is 0 Å². The van der Waals surface area contributed by atoms with Crippen LogP contribution in [0.3, 0.4) is 0 Å². The van der Waals surface area contributed by atoms with Gasteiger partial charge < -0.3 is 14.8 Å². The fourth-order valence-electron chi connectivity index (χ4n) is 6.88. The second-order valence-corrected chi connectivity index (χ2v) is 9.79. The summed E-state index contributed by atoms with van der Waals surface area (Å²) in [5.41, 5.74) is 2.96. The van der Waals surface area contributed by atoms with Crippen LogP contribution in [-0.4, -0.2) is 25.2 Å². The van der Waals surface area contributed by atoms with Crippen LogP contribution in [0, 0.1) is 22.7 Å². The predicted octanol–water partition coefficient (Wildman–Crippen LogP) is 4.03. The summed E-state index contributed by atoms with van der Waals surface area (Å²) < 4.78 is 12.2. The SMILES string of the molecule is CC(=O)N[C@@H]1C(C)(C)[C@@H]2C[C@@H]3[C@@H](c4ccc5c(c4)CCCO5)OCCC31C2. The van der Waals surface area contributed by atoms with Crippen LogP contribution in [0.4, 0.5) is 0 Å². The number of aryl methyl sites for hydroxylation is 1. The Morgan fingerprint density at radius 1 is 1.26 bits per heavy atom. The van der Waals surface area contributed by atoms with Gasteiger partial charge in [-0.05, 0) is 78.0 Å². The molecule has 1 aromatic rings. The predicted molar refractivity (Wildman–Crippen MR) is 104 cm³/mol. The van der Waals surface area contributed by atoms with Gasteiger partial charge in [0, 0.05) is 19.6 Å². The Morgan fingerprint density at radius 3 is 2.93 bits per heavy atom. The van der Waals surface area contributed by atoms with Gasteiger partial charge in [-0.2, -0.15) is 0 Å². The zero-order chi connectivity index (χ0) is 18.8. The Bertz CT molecular complexity index is 773. The zero-order valence-corrected chi connectivity index (χ0v) is 16.7. The molecular weight excluding hydrogens is 338 g/mol. The molecule has 146 valence electrons. The molecule has 2 heterocycles. The molecule has 1 amide bonds. The van der Waals surface area contributed by atoms with Crippen LogP contribution in [0.2, 0.25) is 0 Å². The van der Waals surface area contributed by atoms with E-state index in [0.717, 1.165) is 38.2 Å². The fraction of sp³-hybridized carbons (Fsp3) is 0.696. The number of benzene rings is 1. The molecule has 0 aromatic heterocycles. The average molecular weight is 370 g/mol. The summed E-state index contributed by atoms with van der Waals surface area (Å²) in [5.74, 6) is 2.29. The van der Waals surface area contributed by atoms with Crippen molar-refractivity contribution < 1.29 is 14.3 Å². The van der Waals surface area contributed by atoms with Gasteiger partial charge in [-0.25, -0.2) is 0 Å². The van der Waals surface area contributed by atoms with Gasteiger partial charge in [0.2, 0.25) is 5.91 Å². The van der Waals surface area contributed by atoms with E-state index in [0.29, 0.717) is 11.8 Å². The maximum atomic E-state index is 12.0. The number of amides is 1. The normalized spacial score (nSPS) is 38.6. The lowest BCUT2D eigenvalue weighted by molar-refractivity contribution is -0.136. The lowest BCUT2D eigenvalue weighted by atomic mass is 9.59. The van der Waals surface area contributed by atoms with Crippen LogP contribution in [0.1, 0.15) is 63.7 Å². The molecule has 5 atom stereocenters. The molecule has 1 unspecified atom stereocenters. The van der Waals surface area contributed by atoms with E-state index < -0.39 is 0 Å². The van der Waals surface area contributed by atoms with Crippen LogP contribution in [0.25, 0.3) is 0 Å². The van der Waals surface area contributed by atoms with Crippen LogP contribution < -0.4 is 10.1 Å². The number of hydrogen-bond donors (Lipinski definition) is 1. The largest absolute Gasteiger partial charge is 0.493 e. The maximum absolute atomic E-state index is 12.0. The number of ether oxygens (including phenoxy) is 2. The number of nitrogens with one attached hydrogen (secondary N) is 1. The van der Waals surface area contributed by atoms with E-state index in [9.17, 15) is 4.79 Å². The van der Waals surface area contributed by atoms with Gasteiger partial charge in [-0.15, -0.1) is 0 Å². The molecule has 4 aliphatic rings. The van der Waals surface area contributed by atoms with Gasteiger partial charge in [0.25, 0.3) is 0 Å². The Balaban J connectivity index is 1.50. The molecular formula is C23H31NO3. The minimum Gasteiger partial charge on any atom is -0.493 e. The van der Waals surface area contributed by atoms with Gasteiger partial charge >= 0.3 is 0 Å². The second-order valence-electron chi connectivity index (χ2n) is 9.79. The standard InChI is InChI=1S/C23H31NO3/c1-14(25)24-21-22(2,3)17-12-18-20(27-10-8-23(18,21)13-17)16-6-7-19-15(11-16)5-4-9-26-19/h6-7,11,17-18,20-21H,4-5,8-10,12-13H2,1-3H3,(H,24,25)/t17-,18-,20-,21-,23?/m1/s1. The first-order valence-electron chi connectivity index (χ1n) is 10.6. The monoisotopic (exact) mass is 369 g/mol. The van der Waals surface area contributed by atoms with E-state index >= 15 is 0 Å². The lowest BCUT2D eigenvalue weighted by Crippen LogP contribution is -2.58. The quantitative estimate of drug-likeness (QED) is 0.856. The topological polar surface area (TPSA) is 47.6 Å². The molecule has 2 bridgehead atoms. The van der Waals surface area contributed by atoms with Gasteiger partial charge in [0.05, 0.1) is 12.7 Å². The first-order valence-corrected chi connectivity index (χ1v) is 10.6. The van der Waals surface area contributed by atoms with Crippen molar-refractivity contribution >= 4 is 5.91 Å². The molecule has 1 saturated heterocycles. The number of carbonyl (C=O) groups excluding carboxylic acids is 1. The summed E-state index contributed by atoms with van der Waals surface area (Å²) in [6.45, 7) is 7.97. The molecule has 4 nitrogen and oxygen atoms in total. The Kier molecular flexibility index (Phi) is 3.88. The number of rotatable bonds is 2. The van der Waals surface area contributed by atoms with Crippen molar-refractivity contribution in [3.05, 3.63) is 29.3 Å². The molecule has 4 heteroatoms. The molecule has 1 aromatic carbocycles. The minimum absolute atomic E-state index is 0.0997. The highest BCUT2D eigenvalue weighted by molar-refractivity contribution is 5.73. The summed E-state index contributed by atoms with van der Waals surface area (Å²) in [6.07, 6.45) is 5.83. The highest BCUT2D eigenvalue weighted by Crippen LogP contribution is 2.70. The van der Waals surface area contributed by atoms with E-state index in [4.69, 9.17) is 9.47 Å². The number of hydrogen-bond acceptors (Lipinski definition) is 3. The summed E-state index contributed by atoms with van der Waals surface area (Å²) in [4.78, 5) is 12.0. The van der Waals surface area contributed by atoms with Crippen molar-refractivity contribution in [1.82, 2.24) is 5.32 Å². The molecule has 0 radical (unpaired) electrons. The van der Waals surface area contributed by atoms with E-state index in [-0.39, 0.29) is 28.9 Å². The van der Waals surface area contributed by atoms with Crippen molar-refractivity contribution in [3.63, 3.8) is 0 Å². The third-order valence-corrected chi connectivity index (χ3v) is 8.11. The highest BCUT2D eigenvalue weighted by Gasteiger charge is 2.68. The van der Waals surface area contributed by atoms with Crippen molar-refractivity contribution in [2.45, 2.75) is 65.0 Å². The summed E-state index contributed by atoms with van der Waals surface area (Å²) >= 11 is 0. The first-order chi connectivity index (χ1) is 12.9. The summed E-state index contributed by atoms with van der Waals surface area (Å²) in [5, 5.41) is 3.36. The van der Waals surface area contributed by atoms with E-state index in [1.807, 2.05) is 0 Å². The molecule has 5 rings (SSSR count). The van der Waals surface area contributed by atoms with Crippen LogP contribution >= 0.6 is 0 Å². The van der Waals surface area contributed by atoms with Crippen LogP contribution in [0.5, 0.6) is 5.75 Å². The van der Waals surface area contributed by atoms with Crippen molar-refractivity contribution in [3.8, 4) is 5.75 Å². The van der Waals surface area contributed by atoms with Gasteiger partial charge in [-0.1, -0.05) is 19.9 Å². The second kappa shape index (κ2) is 5.97. The molecule has 3 fully saturated rings. The van der Waals surface area contributed by atoms with E-state index in [1.54, 1.807) is 6.92 Å². The van der Waals surface area contributed by atoms with Crippen molar-refractivity contribution in [2.75, 3.05) is 13.2 Å². The third-order valence-electron chi connectivity index (χ3n) is 8.11. The minimum atomic E-state index is 0.0997. The number of carbonyl (C=O) groups is 1. The summed E-state index contributed by atoms with van der Waals surface area (Å²) in [7, 11) is 0. The molecule has 2 aliphatic heterocycles. The lowest BCUT2D eigenvalue weighted by Gasteiger charge is -2.53. The van der Waals surface area contributed by atoms with Gasteiger partial charge in [0.1, 0.15) is 5.75 Å². The van der Waals surface area contributed by atoms with Crippen molar-refractivity contribution in [2.24, 2.45) is 22.7 Å². The van der Waals surface area contributed by atoms with E-state index in [2.05, 4.69) is 37.4 Å². The highest BCUT2D eigenvalue weighted by atomic mass is 16.5. The first kappa shape index (κ1) is 17.5. The van der Waals surface area contributed by atoms with E-state index in [1.165, 1.54) is 24.0 Å². The van der Waals surface area contributed by atoms with Crippen LogP contribution in [-0.2, 0) is 16.0 Å². The number of fused-ring (bicyclic) bond motifs is 2. The average Bonchev–Trinajstić information content (AvgIpc) is 3.14. The van der Waals surface area contributed by atoms with Crippen LogP contribution in [0.15, 0.2) is 18.2 Å². The summed E-state index contributed by atoms with van der Waals surface area (Å²) in [6, 6.07) is 6.91. The maximum Gasteiger partial charge on any atom is 0.217 e. The van der Waals surface area contributed by atoms with Gasteiger partial charge in [0.15, 0.2) is 0 Å². The van der Waals surface area contributed by atoms with Gasteiger partial charge in [-0.3, -0.25) is 4.79 Å². The Labute approximate surface area is 162 Å². The fourth-order valence-corrected chi connectivity index (χ4v) is 6.88. The third kappa shape index (κ3) is 2.48. The Hall–Kier alpha value is -1.55. The molecule has 2 aliphatic carbocycles. The Morgan fingerprint density at radius 2 is 2.11 bits per heavy atom. The molecule has 1 N–H and O–H groups in total. The smallest absolute Gasteiger partial charge is 0.217 e. The zero-order valence-electron chi connectivity index (χ0n) is 16.7. The molecule has 2 saturated carbocycles. The molecule has 1 spiro atoms. The molecule has 27 heavy (non-hydrogen) atoms.